The number of carbonyl (C=O) groups excluding carboxylic acids is 2. The Hall–Kier alpha value is -2.41. The molecule has 2 aliphatic carbocycles. The second-order valence-corrected chi connectivity index (χ2v) is 9.18. The van der Waals surface area contributed by atoms with Gasteiger partial charge in [-0.15, -0.1) is 0 Å². The largest absolute Gasteiger partial charge is 0.346 e. The molecule has 1 spiro atoms. The normalized spacial score (nSPS) is 30.2. The first-order valence-corrected chi connectivity index (χ1v) is 11.0. The SMILES string of the molecule is CCn1nc(C(=O)N[C@@H]2CN3CCC34CC[C@H]24)c2ccc(NC(=O)C3CC3)cc21. The lowest BCUT2D eigenvalue weighted by molar-refractivity contribution is -0.117. The fraction of sp³-hybridized carbons (Fsp3) is 0.591. The summed E-state index contributed by atoms with van der Waals surface area (Å²) in [4.78, 5) is 27.8. The van der Waals surface area contributed by atoms with E-state index in [0.717, 1.165) is 36.0 Å². The number of aryl methyl sites for hydroxylation is 1. The number of carbonyl (C=O) groups is 2. The van der Waals surface area contributed by atoms with Gasteiger partial charge in [0.1, 0.15) is 0 Å². The summed E-state index contributed by atoms with van der Waals surface area (Å²) in [5.74, 6) is 0.774. The molecule has 2 aromatic rings. The van der Waals surface area contributed by atoms with Crippen LogP contribution in [0, 0.1) is 11.8 Å². The van der Waals surface area contributed by atoms with Crippen LogP contribution in [0.15, 0.2) is 18.2 Å². The molecule has 6 rings (SSSR count). The Morgan fingerprint density at radius 3 is 2.72 bits per heavy atom. The fourth-order valence-corrected chi connectivity index (χ4v) is 5.75. The number of anilines is 1. The summed E-state index contributed by atoms with van der Waals surface area (Å²) in [6.07, 6.45) is 5.74. The van der Waals surface area contributed by atoms with Crippen LogP contribution in [-0.4, -0.2) is 51.2 Å². The Bertz CT molecular complexity index is 1020. The first kappa shape index (κ1) is 17.4. The zero-order valence-corrected chi connectivity index (χ0v) is 16.8. The molecule has 0 radical (unpaired) electrons. The van der Waals surface area contributed by atoms with Crippen molar-refractivity contribution in [1.82, 2.24) is 20.0 Å². The van der Waals surface area contributed by atoms with Gasteiger partial charge in [0.15, 0.2) is 5.69 Å². The molecular weight excluding hydrogens is 366 g/mol. The van der Waals surface area contributed by atoms with Crippen LogP contribution in [0.1, 0.15) is 49.5 Å². The van der Waals surface area contributed by atoms with Gasteiger partial charge < -0.3 is 10.6 Å². The molecule has 3 heterocycles. The molecule has 2 saturated heterocycles. The minimum Gasteiger partial charge on any atom is -0.346 e. The second-order valence-electron chi connectivity index (χ2n) is 9.18. The summed E-state index contributed by atoms with van der Waals surface area (Å²) in [6.45, 7) is 4.84. The molecule has 4 aliphatic rings. The smallest absolute Gasteiger partial charge is 0.272 e. The summed E-state index contributed by atoms with van der Waals surface area (Å²) >= 11 is 0. The summed E-state index contributed by atoms with van der Waals surface area (Å²) in [7, 11) is 0. The maximum Gasteiger partial charge on any atom is 0.272 e. The highest BCUT2D eigenvalue weighted by atomic mass is 16.2. The molecule has 152 valence electrons. The summed E-state index contributed by atoms with van der Waals surface area (Å²) in [5.41, 5.74) is 2.55. The van der Waals surface area contributed by atoms with Crippen molar-refractivity contribution in [2.45, 2.75) is 57.2 Å². The summed E-state index contributed by atoms with van der Waals surface area (Å²) in [5, 5.41) is 11.7. The molecule has 29 heavy (non-hydrogen) atoms. The van der Waals surface area contributed by atoms with Crippen molar-refractivity contribution in [1.29, 1.82) is 0 Å². The summed E-state index contributed by atoms with van der Waals surface area (Å²) in [6, 6.07) is 5.96. The average molecular weight is 393 g/mol. The number of aromatic nitrogens is 2. The van der Waals surface area contributed by atoms with Crippen LogP contribution in [-0.2, 0) is 11.3 Å². The van der Waals surface area contributed by atoms with Crippen molar-refractivity contribution >= 4 is 28.4 Å². The van der Waals surface area contributed by atoms with E-state index < -0.39 is 0 Å². The van der Waals surface area contributed by atoms with Crippen LogP contribution in [0.4, 0.5) is 5.69 Å². The van der Waals surface area contributed by atoms with Gasteiger partial charge in [-0.2, -0.15) is 5.10 Å². The lowest BCUT2D eigenvalue weighted by atomic mass is 9.61. The van der Waals surface area contributed by atoms with Crippen LogP contribution in [0.5, 0.6) is 0 Å². The highest BCUT2D eigenvalue weighted by Gasteiger charge is 2.63. The number of amides is 2. The van der Waals surface area contributed by atoms with Gasteiger partial charge in [0.2, 0.25) is 5.91 Å². The lowest BCUT2D eigenvalue weighted by Crippen LogP contribution is -2.64. The van der Waals surface area contributed by atoms with Crippen molar-refractivity contribution in [3.05, 3.63) is 23.9 Å². The number of hydrogen-bond acceptors (Lipinski definition) is 4. The van der Waals surface area contributed by atoms with Gasteiger partial charge >= 0.3 is 0 Å². The van der Waals surface area contributed by atoms with E-state index in [4.69, 9.17) is 0 Å². The third kappa shape index (κ3) is 2.49. The molecule has 4 fully saturated rings. The van der Waals surface area contributed by atoms with Crippen LogP contribution in [0.25, 0.3) is 10.9 Å². The zero-order valence-electron chi connectivity index (χ0n) is 16.8. The molecule has 2 aliphatic heterocycles. The van der Waals surface area contributed by atoms with Crippen LogP contribution in [0.2, 0.25) is 0 Å². The molecule has 3 atom stereocenters. The molecule has 7 heteroatoms. The molecule has 7 nitrogen and oxygen atoms in total. The number of nitrogens with zero attached hydrogens (tertiary/aromatic N) is 3. The minimum absolute atomic E-state index is 0.0773. The highest BCUT2D eigenvalue weighted by Crippen LogP contribution is 2.57. The third-order valence-corrected chi connectivity index (χ3v) is 7.72. The quantitative estimate of drug-likeness (QED) is 0.817. The Labute approximate surface area is 169 Å². The van der Waals surface area contributed by atoms with E-state index in [-0.39, 0.29) is 23.8 Å². The average Bonchev–Trinajstić information content (AvgIpc) is 3.43. The van der Waals surface area contributed by atoms with Crippen LogP contribution >= 0.6 is 0 Å². The van der Waals surface area contributed by atoms with E-state index in [9.17, 15) is 9.59 Å². The van der Waals surface area contributed by atoms with E-state index in [1.807, 2.05) is 29.8 Å². The topological polar surface area (TPSA) is 79.3 Å². The van der Waals surface area contributed by atoms with Crippen molar-refractivity contribution in [3.8, 4) is 0 Å². The van der Waals surface area contributed by atoms with Crippen molar-refractivity contribution in [3.63, 3.8) is 0 Å². The van der Waals surface area contributed by atoms with Gasteiger partial charge in [0, 0.05) is 48.2 Å². The lowest BCUT2D eigenvalue weighted by Gasteiger charge is -2.58. The molecule has 2 amide bonds. The molecule has 0 bridgehead atoms. The third-order valence-electron chi connectivity index (χ3n) is 7.72. The van der Waals surface area contributed by atoms with Crippen molar-refractivity contribution in [2.24, 2.45) is 11.8 Å². The molecular formula is C22H27N5O2. The Kier molecular flexibility index (Phi) is 3.64. The van der Waals surface area contributed by atoms with Crippen molar-refractivity contribution in [2.75, 3.05) is 18.4 Å². The van der Waals surface area contributed by atoms with Gasteiger partial charge in [-0.25, -0.2) is 0 Å². The van der Waals surface area contributed by atoms with E-state index in [0.29, 0.717) is 23.7 Å². The summed E-state index contributed by atoms with van der Waals surface area (Å²) < 4.78 is 1.85. The standard InChI is InChI=1S/C22H27N5O2/c1-2-27-18-11-14(23-20(28)13-3-4-13)5-6-15(18)19(25-27)21(29)24-17-12-26-10-9-22(26)8-7-16(17)22/h5-6,11,13,16-17H,2-4,7-10,12H2,1H3,(H,23,28)(H,24,29)/t16-,17-,22?/m1/s1. The Morgan fingerprint density at radius 1 is 1.24 bits per heavy atom. The minimum atomic E-state index is -0.0773. The number of fused-ring (bicyclic) bond motifs is 1. The van der Waals surface area contributed by atoms with Gasteiger partial charge in [-0.3, -0.25) is 19.2 Å². The Balaban J connectivity index is 1.26. The molecule has 1 aromatic carbocycles. The van der Waals surface area contributed by atoms with Gasteiger partial charge in [-0.05, 0) is 63.1 Å². The van der Waals surface area contributed by atoms with Crippen LogP contribution in [0.3, 0.4) is 0 Å². The monoisotopic (exact) mass is 393 g/mol. The van der Waals surface area contributed by atoms with Crippen molar-refractivity contribution < 1.29 is 9.59 Å². The van der Waals surface area contributed by atoms with Gasteiger partial charge in [0.05, 0.1) is 5.52 Å². The molecule has 1 aromatic heterocycles. The second kappa shape index (κ2) is 6.05. The maximum absolute atomic E-state index is 13.1. The predicted octanol–water partition coefficient (Wildman–Crippen LogP) is 2.37. The maximum atomic E-state index is 13.1. The zero-order chi connectivity index (χ0) is 19.8. The van der Waals surface area contributed by atoms with Gasteiger partial charge in [-0.1, -0.05) is 0 Å². The van der Waals surface area contributed by atoms with E-state index in [2.05, 4.69) is 20.6 Å². The number of hydrogen-bond donors (Lipinski definition) is 2. The van der Waals surface area contributed by atoms with E-state index in [1.54, 1.807) is 0 Å². The van der Waals surface area contributed by atoms with E-state index in [1.165, 1.54) is 25.8 Å². The molecule has 2 N–H and O–H groups in total. The highest BCUT2D eigenvalue weighted by molar-refractivity contribution is 6.06. The Morgan fingerprint density at radius 2 is 2.10 bits per heavy atom. The first-order valence-electron chi connectivity index (χ1n) is 11.0. The van der Waals surface area contributed by atoms with Gasteiger partial charge in [0.25, 0.3) is 5.91 Å². The number of nitrogens with one attached hydrogen (secondary N) is 2. The molecule has 2 saturated carbocycles. The molecule has 1 unspecified atom stereocenters. The fourth-order valence-electron chi connectivity index (χ4n) is 5.75. The first-order chi connectivity index (χ1) is 14.1. The van der Waals surface area contributed by atoms with Crippen LogP contribution < -0.4 is 10.6 Å². The number of benzene rings is 1. The number of rotatable bonds is 5. The predicted molar refractivity (Wildman–Crippen MR) is 110 cm³/mol. The van der Waals surface area contributed by atoms with E-state index >= 15 is 0 Å².